The average Bonchev–Trinajstić information content (AvgIpc) is 3.05. The van der Waals surface area contributed by atoms with Crippen molar-refractivity contribution in [2.45, 2.75) is 58.5 Å². The second kappa shape index (κ2) is 7.09. The zero-order valence-corrected chi connectivity index (χ0v) is 15.2. The molecule has 1 aliphatic heterocycles. The van der Waals surface area contributed by atoms with E-state index in [1.807, 2.05) is 20.8 Å². The van der Waals surface area contributed by atoms with Gasteiger partial charge in [0.1, 0.15) is 0 Å². The summed E-state index contributed by atoms with van der Waals surface area (Å²) in [4.78, 5) is 25.0. The molecule has 7 heteroatoms. The summed E-state index contributed by atoms with van der Waals surface area (Å²) in [6.07, 6.45) is 3.28. The van der Waals surface area contributed by atoms with Crippen molar-refractivity contribution in [1.29, 1.82) is 0 Å². The van der Waals surface area contributed by atoms with E-state index in [-0.39, 0.29) is 29.9 Å². The van der Waals surface area contributed by atoms with Crippen molar-refractivity contribution in [2.24, 2.45) is 10.5 Å². The summed E-state index contributed by atoms with van der Waals surface area (Å²) in [6.45, 7) is 6.99. The highest BCUT2D eigenvalue weighted by Crippen LogP contribution is 2.34. The Morgan fingerprint density at radius 3 is 2.50 bits per heavy atom. The number of amides is 2. The van der Waals surface area contributed by atoms with Crippen LogP contribution in [0.3, 0.4) is 0 Å². The number of carboxylic acid groups (broad SMARTS) is 1. The number of ether oxygens (including phenoxy) is 1. The quantitative estimate of drug-likeness (QED) is 0.806. The monoisotopic (exact) mass is 339 g/mol. The van der Waals surface area contributed by atoms with Gasteiger partial charge < -0.3 is 14.7 Å². The van der Waals surface area contributed by atoms with Crippen LogP contribution in [0.15, 0.2) is 5.10 Å². The molecule has 0 saturated heterocycles. The van der Waals surface area contributed by atoms with Gasteiger partial charge in [-0.3, -0.25) is 4.79 Å². The van der Waals surface area contributed by atoms with Crippen LogP contribution in [0.5, 0.6) is 0 Å². The Balaban J connectivity index is 2.03. The minimum absolute atomic E-state index is 0.0746. The van der Waals surface area contributed by atoms with Crippen molar-refractivity contribution in [1.82, 2.24) is 9.91 Å². The van der Waals surface area contributed by atoms with Crippen LogP contribution in [0.25, 0.3) is 0 Å². The van der Waals surface area contributed by atoms with Crippen LogP contribution in [-0.4, -0.2) is 65.1 Å². The molecule has 0 aromatic rings. The van der Waals surface area contributed by atoms with Gasteiger partial charge in [0.15, 0.2) is 0 Å². The van der Waals surface area contributed by atoms with Crippen molar-refractivity contribution in [2.75, 3.05) is 26.7 Å². The molecular formula is C17H29N3O4. The van der Waals surface area contributed by atoms with Crippen LogP contribution in [-0.2, 0) is 9.53 Å². The largest absolute Gasteiger partial charge is 0.465 e. The number of carbonyl (C=O) groups is 2. The molecule has 7 nitrogen and oxygen atoms in total. The maximum absolute atomic E-state index is 12.3. The standard InChI is InChI=1S/C17H29N3O4/c1-16(2,3)11-19(15(22)23)10-13-9-14(21)20(18-13)12-17(24-4)7-5-6-8-17/h5-12H2,1-4H3,(H,22,23). The first-order valence-corrected chi connectivity index (χ1v) is 8.54. The van der Waals surface area contributed by atoms with E-state index in [0.717, 1.165) is 25.7 Å². The lowest BCUT2D eigenvalue weighted by molar-refractivity contribution is -0.133. The van der Waals surface area contributed by atoms with E-state index in [1.54, 1.807) is 7.11 Å². The smallest absolute Gasteiger partial charge is 0.407 e. The molecule has 2 amide bonds. The number of hydrazone groups is 1. The van der Waals surface area contributed by atoms with Gasteiger partial charge in [0.25, 0.3) is 0 Å². The number of hydrogen-bond acceptors (Lipinski definition) is 4. The predicted octanol–water partition coefficient (Wildman–Crippen LogP) is 2.56. The van der Waals surface area contributed by atoms with Crippen molar-refractivity contribution in [3.05, 3.63) is 0 Å². The molecule has 136 valence electrons. The fourth-order valence-corrected chi connectivity index (χ4v) is 3.44. The third-order valence-corrected chi connectivity index (χ3v) is 4.60. The minimum Gasteiger partial charge on any atom is -0.465 e. The topological polar surface area (TPSA) is 82.4 Å². The summed E-state index contributed by atoms with van der Waals surface area (Å²) in [6, 6.07) is 0. The Kier molecular flexibility index (Phi) is 5.52. The number of nitrogens with zero attached hydrogens (tertiary/aromatic N) is 3. The highest BCUT2D eigenvalue weighted by atomic mass is 16.5. The first-order chi connectivity index (χ1) is 11.1. The van der Waals surface area contributed by atoms with Crippen LogP contribution in [0.4, 0.5) is 4.79 Å². The highest BCUT2D eigenvalue weighted by Gasteiger charge is 2.39. The minimum atomic E-state index is -0.984. The summed E-state index contributed by atoms with van der Waals surface area (Å²) in [5, 5.41) is 15.3. The van der Waals surface area contributed by atoms with Crippen LogP contribution in [0, 0.1) is 5.41 Å². The van der Waals surface area contributed by atoms with Crippen molar-refractivity contribution in [3.63, 3.8) is 0 Å². The van der Waals surface area contributed by atoms with E-state index in [1.165, 1.54) is 9.91 Å². The summed E-state index contributed by atoms with van der Waals surface area (Å²) in [5.41, 5.74) is 0.161. The van der Waals surface area contributed by atoms with Gasteiger partial charge in [0, 0.05) is 13.7 Å². The summed E-state index contributed by atoms with van der Waals surface area (Å²) >= 11 is 0. The van der Waals surface area contributed by atoms with Gasteiger partial charge in [-0.25, -0.2) is 9.80 Å². The Morgan fingerprint density at radius 2 is 2.00 bits per heavy atom. The van der Waals surface area contributed by atoms with Crippen LogP contribution in [0.2, 0.25) is 0 Å². The normalized spacial score (nSPS) is 20.4. The van der Waals surface area contributed by atoms with Gasteiger partial charge in [0.05, 0.1) is 30.8 Å². The van der Waals surface area contributed by atoms with E-state index in [9.17, 15) is 14.7 Å². The Hall–Kier alpha value is -1.63. The van der Waals surface area contributed by atoms with Crippen LogP contribution >= 0.6 is 0 Å². The van der Waals surface area contributed by atoms with Crippen molar-refractivity contribution in [3.8, 4) is 0 Å². The third-order valence-electron chi connectivity index (χ3n) is 4.60. The van der Waals surface area contributed by atoms with Gasteiger partial charge in [-0.2, -0.15) is 5.10 Å². The lowest BCUT2D eigenvalue weighted by Gasteiger charge is -2.30. The average molecular weight is 339 g/mol. The van der Waals surface area contributed by atoms with Gasteiger partial charge in [-0.15, -0.1) is 0 Å². The van der Waals surface area contributed by atoms with Gasteiger partial charge in [-0.1, -0.05) is 33.6 Å². The Bertz CT molecular complexity index is 518. The first kappa shape index (κ1) is 18.7. The Morgan fingerprint density at radius 1 is 1.38 bits per heavy atom. The molecule has 1 aliphatic carbocycles. The maximum Gasteiger partial charge on any atom is 0.407 e. The fraction of sp³-hybridized carbons (Fsp3) is 0.824. The molecule has 2 aliphatic rings. The van der Waals surface area contributed by atoms with E-state index < -0.39 is 6.09 Å². The highest BCUT2D eigenvalue weighted by molar-refractivity contribution is 6.06. The lowest BCUT2D eigenvalue weighted by atomic mass is 9.96. The molecule has 0 atom stereocenters. The fourth-order valence-electron chi connectivity index (χ4n) is 3.44. The number of hydrogen-bond donors (Lipinski definition) is 1. The maximum atomic E-state index is 12.3. The molecule has 1 heterocycles. The van der Waals surface area contributed by atoms with Crippen LogP contribution < -0.4 is 0 Å². The van der Waals surface area contributed by atoms with Gasteiger partial charge in [0.2, 0.25) is 5.91 Å². The summed E-state index contributed by atoms with van der Waals surface area (Å²) in [7, 11) is 1.69. The molecular weight excluding hydrogens is 310 g/mol. The van der Waals surface area contributed by atoms with Gasteiger partial charge >= 0.3 is 6.09 Å². The molecule has 0 aromatic heterocycles. The number of rotatable bonds is 6. The zero-order valence-electron chi connectivity index (χ0n) is 15.2. The van der Waals surface area contributed by atoms with E-state index >= 15 is 0 Å². The summed E-state index contributed by atoms with van der Waals surface area (Å²) < 4.78 is 5.66. The molecule has 0 unspecified atom stereocenters. The second-order valence-electron chi connectivity index (χ2n) is 8.09. The zero-order chi connectivity index (χ0) is 18.0. The molecule has 0 spiro atoms. The third kappa shape index (κ3) is 4.69. The molecule has 1 fully saturated rings. The molecule has 1 N–H and O–H groups in total. The molecule has 1 saturated carbocycles. The Labute approximate surface area is 143 Å². The number of carbonyl (C=O) groups excluding carboxylic acids is 1. The molecule has 0 radical (unpaired) electrons. The van der Waals surface area contributed by atoms with E-state index in [0.29, 0.717) is 18.8 Å². The SMILES string of the molecule is COC1(CN2N=C(CN(CC(C)(C)C)C(=O)O)CC2=O)CCCC1. The van der Waals surface area contributed by atoms with Crippen molar-refractivity contribution >= 4 is 17.7 Å². The van der Waals surface area contributed by atoms with Gasteiger partial charge in [-0.05, 0) is 18.3 Å². The van der Waals surface area contributed by atoms with E-state index in [4.69, 9.17) is 4.74 Å². The molecule has 2 rings (SSSR count). The number of methoxy groups -OCH3 is 1. The second-order valence-corrected chi connectivity index (χ2v) is 8.09. The first-order valence-electron chi connectivity index (χ1n) is 8.54. The predicted molar refractivity (Wildman–Crippen MR) is 91.0 cm³/mol. The van der Waals surface area contributed by atoms with Crippen LogP contribution in [0.1, 0.15) is 52.9 Å². The molecule has 24 heavy (non-hydrogen) atoms. The lowest BCUT2D eigenvalue weighted by Crippen LogP contribution is -2.41. The summed E-state index contributed by atoms with van der Waals surface area (Å²) in [5.74, 6) is -0.0746. The molecule has 0 aromatic carbocycles. The van der Waals surface area contributed by atoms with E-state index in [2.05, 4.69) is 5.10 Å². The molecule has 0 bridgehead atoms. The van der Waals surface area contributed by atoms with Crippen molar-refractivity contribution < 1.29 is 19.4 Å².